The van der Waals surface area contributed by atoms with E-state index in [2.05, 4.69) is 52.0 Å². The smallest absolute Gasteiger partial charge is 0.143 e. The zero-order valence-corrected chi connectivity index (χ0v) is 17.7. The van der Waals surface area contributed by atoms with Gasteiger partial charge in [0.1, 0.15) is 11.2 Å². The molecular weight excluding hydrogens is 364 g/mol. The van der Waals surface area contributed by atoms with Gasteiger partial charge in [0.05, 0.1) is 0 Å². The van der Waals surface area contributed by atoms with Gasteiger partial charge >= 0.3 is 0 Å². The lowest BCUT2D eigenvalue weighted by Gasteiger charge is -2.42. The summed E-state index contributed by atoms with van der Waals surface area (Å²) >= 11 is 6.53. The SMILES string of the molecule is CC1(C)CCC(C)(C)c2cc(-c3cc(Cl)cc4c3oc3ccccc34)ccc21. The summed E-state index contributed by atoms with van der Waals surface area (Å²) in [6.07, 6.45) is 2.42. The highest BCUT2D eigenvalue weighted by atomic mass is 35.5. The van der Waals surface area contributed by atoms with Crippen LogP contribution in [-0.2, 0) is 10.8 Å². The van der Waals surface area contributed by atoms with E-state index in [1.807, 2.05) is 30.3 Å². The molecule has 0 N–H and O–H groups in total. The topological polar surface area (TPSA) is 13.1 Å². The van der Waals surface area contributed by atoms with Crippen LogP contribution in [0.15, 0.2) is 59.0 Å². The van der Waals surface area contributed by atoms with Crippen LogP contribution in [0.3, 0.4) is 0 Å². The van der Waals surface area contributed by atoms with Crippen LogP contribution in [0.2, 0.25) is 5.02 Å². The van der Waals surface area contributed by atoms with E-state index in [-0.39, 0.29) is 10.8 Å². The first-order valence-corrected chi connectivity index (χ1v) is 10.4. The summed E-state index contributed by atoms with van der Waals surface area (Å²) in [5, 5.41) is 2.93. The van der Waals surface area contributed by atoms with E-state index >= 15 is 0 Å². The Kier molecular flexibility index (Phi) is 3.74. The highest BCUT2D eigenvalue weighted by Crippen LogP contribution is 2.47. The molecule has 0 amide bonds. The number of hydrogen-bond acceptors (Lipinski definition) is 1. The first kappa shape index (κ1) is 17.8. The Morgan fingerprint density at radius 1 is 0.786 bits per heavy atom. The summed E-state index contributed by atoms with van der Waals surface area (Å²) in [4.78, 5) is 0. The number of benzene rings is 3. The molecule has 0 saturated heterocycles. The highest BCUT2D eigenvalue weighted by Gasteiger charge is 2.37. The Labute approximate surface area is 171 Å². The van der Waals surface area contributed by atoms with Crippen molar-refractivity contribution in [2.75, 3.05) is 0 Å². The first-order chi connectivity index (χ1) is 13.3. The average Bonchev–Trinajstić information content (AvgIpc) is 3.03. The number of para-hydroxylation sites is 1. The largest absolute Gasteiger partial charge is 0.455 e. The van der Waals surface area contributed by atoms with Gasteiger partial charge in [0.2, 0.25) is 0 Å². The number of hydrogen-bond donors (Lipinski definition) is 0. The van der Waals surface area contributed by atoms with Gasteiger partial charge in [-0.2, -0.15) is 0 Å². The Hall–Kier alpha value is -2.25. The molecule has 1 nitrogen and oxygen atoms in total. The third kappa shape index (κ3) is 2.60. The molecule has 0 bridgehead atoms. The van der Waals surface area contributed by atoms with Crippen LogP contribution in [0.5, 0.6) is 0 Å². The fourth-order valence-corrected chi connectivity index (χ4v) is 4.98. The van der Waals surface area contributed by atoms with Crippen LogP contribution in [-0.4, -0.2) is 0 Å². The molecule has 28 heavy (non-hydrogen) atoms. The number of rotatable bonds is 1. The molecule has 4 aromatic rings. The molecule has 0 radical (unpaired) electrons. The lowest BCUT2D eigenvalue weighted by Crippen LogP contribution is -2.33. The van der Waals surface area contributed by atoms with Gasteiger partial charge in [-0.1, -0.05) is 75.7 Å². The van der Waals surface area contributed by atoms with Crippen molar-refractivity contribution in [3.8, 4) is 11.1 Å². The van der Waals surface area contributed by atoms with E-state index < -0.39 is 0 Å². The molecule has 0 fully saturated rings. The van der Waals surface area contributed by atoms with Crippen LogP contribution in [0.4, 0.5) is 0 Å². The number of furan rings is 1. The molecule has 142 valence electrons. The van der Waals surface area contributed by atoms with E-state index in [0.717, 1.165) is 32.5 Å². The lowest BCUT2D eigenvalue weighted by molar-refractivity contribution is 0.332. The minimum atomic E-state index is 0.173. The zero-order chi connectivity index (χ0) is 19.7. The van der Waals surface area contributed by atoms with Crippen LogP contribution in [0.25, 0.3) is 33.1 Å². The minimum Gasteiger partial charge on any atom is -0.455 e. The molecule has 5 rings (SSSR count). The minimum absolute atomic E-state index is 0.173. The molecule has 0 saturated carbocycles. The van der Waals surface area contributed by atoms with Crippen molar-refractivity contribution in [1.29, 1.82) is 0 Å². The summed E-state index contributed by atoms with van der Waals surface area (Å²) in [5.41, 5.74) is 7.37. The molecule has 0 spiro atoms. The second-order valence-electron chi connectivity index (χ2n) is 9.46. The van der Waals surface area contributed by atoms with Crippen LogP contribution >= 0.6 is 11.6 Å². The molecule has 1 aliphatic carbocycles. The van der Waals surface area contributed by atoms with E-state index in [1.54, 1.807) is 0 Å². The van der Waals surface area contributed by atoms with Gasteiger partial charge in [-0.3, -0.25) is 0 Å². The van der Waals surface area contributed by atoms with Crippen molar-refractivity contribution in [3.05, 3.63) is 70.7 Å². The highest BCUT2D eigenvalue weighted by molar-refractivity contribution is 6.32. The molecule has 0 aliphatic heterocycles. The van der Waals surface area contributed by atoms with Gasteiger partial charge < -0.3 is 4.42 Å². The fourth-order valence-electron chi connectivity index (χ4n) is 4.76. The summed E-state index contributed by atoms with van der Waals surface area (Å²) in [7, 11) is 0. The van der Waals surface area contributed by atoms with Gasteiger partial charge in [-0.15, -0.1) is 0 Å². The fraction of sp³-hybridized carbons (Fsp3) is 0.308. The van der Waals surface area contributed by atoms with Gasteiger partial charge in [0, 0.05) is 21.4 Å². The van der Waals surface area contributed by atoms with Gasteiger partial charge in [-0.25, -0.2) is 0 Å². The average molecular weight is 389 g/mol. The maximum Gasteiger partial charge on any atom is 0.143 e. The molecule has 1 heterocycles. The zero-order valence-electron chi connectivity index (χ0n) is 16.9. The third-order valence-corrected chi connectivity index (χ3v) is 6.82. The summed E-state index contributed by atoms with van der Waals surface area (Å²) in [5.74, 6) is 0. The van der Waals surface area contributed by atoms with Crippen molar-refractivity contribution < 1.29 is 4.42 Å². The second-order valence-corrected chi connectivity index (χ2v) is 9.89. The quantitative estimate of drug-likeness (QED) is 0.320. The molecular formula is C26H25ClO. The third-order valence-electron chi connectivity index (χ3n) is 6.61. The van der Waals surface area contributed by atoms with Crippen LogP contribution in [0.1, 0.15) is 51.7 Å². The molecule has 0 unspecified atom stereocenters. The normalized spacial score (nSPS) is 17.8. The van der Waals surface area contributed by atoms with Gasteiger partial charge in [0.25, 0.3) is 0 Å². The predicted molar refractivity (Wildman–Crippen MR) is 119 cm³/mol. The van der Waals surface area contributed by atoms with Crippen LogP contribution in [0, 0.1) is 0 Å². The second kappa shape index (κ2) is 5.87. The number of fused-ring (bicyclic) bond motifs is 4. The van der Waals surface area contributed by atoms with Crippen molar-refractivity contribution >= 4 is 33.5 Å². The molecule has 1 aromatic heterocycles. The molecule has 0 atom stereocenters. The van der Waals surface area contributed by atoms with Gasteiger partial charge in [0.15, 0.2) is 0 Å². The molecule has 3 aromatic carbocycles. The van der Waals surface area contributed by atoms with E-state index in [4.69, 9.17) is 16.0 Å². The molecule has 1 aliphatic rings. The van der Waals surface area contributed by atoms with E-state index in [1.165, 1.54) is 29.5 Å². The monoisotopic (exact) mass is 388 g/mol. The first-order valence-electron chi connectivity index (χ1n) is 10.0. The van der Waals surface area contributed by atoms with Crippen molar-refractivity contribution in [2.45, 2.75) is 51.4 Å². The van der Waals surface area contributed by atoms with Crippen molar-refractivity contribution in [2.24, 2.45) is 0 Å². The summed E-state index contributed by atoms with van der Waals surface area (Å²) < 4.78 is 6.27. The number of halogens is 1. The van der Waals surface area contributed by atoms with E-state index in [9.17, 15) is 0 Å². The van der Waals surface area contributed by atoms with Crippen molar-refractivity contribution in [1.82, 2.24) is 0 Å². The maximum absolute atomic E-state index is 6.53. The summed E-state index contributed by atoms with van der Waals surface area (Å²) in [6, 6.07) is 19.1. The molecule has 2 heteroatoms. The predicted octanol–water partition coefficient (Wildman–Crippen LogP) is 8.26. The van der Waals surface area contributed by atoms with Crippen LogP contribution < -0.4 is 0 Å². The van der Waals surface area contributed by atoms with Gasteiger partial charge in [-0.05, 0) is 58.6 Å². The van der Waals surface area contributed by atoms with E-state index in [0.29, 0.717) is 0 Å². The Balaban J connectivity index is 1.80. The van der Waals surface area contributed by atoms with Crippen molar-refractivity contribution in [3.63, 3.8) is 0 Å². The Morgan fingerprint density at radius 2 is 1.50 bits per heavy atom. The standard InChI is InChI=1S/C26H25ClO/c1-25(2)11-12-26(3,4)22-13-16(9-10-21(22)25)19-14-17(27)15-20-18-7-5-6-8-23(18)28-24(19)20/h5-10,13-15H,11-12H2,1-4H3. The summed E-state index contributed by atoms with van der Waals surface area (Å²) in [6.45, 7) is 9.44. The Morgan fingerprint density at radius 3 is 2.29 bits per heavy atom. The lowest BCUT2D eigenvalue weighted by atomic mass is 9.63. The Bertz CT molecular complexity index is 1230. The maximum atomic E-state index is 6.53.